The van der Waals surface area contributed by atoms with E-state index in [9.17, 15) is 9.59 Å². The van der Waals surface area contributed by atoms with E-state index < -0.39 is 0 Å². The van der Waals surface area contributed by atoms with Gasteiger partial charge < -0.3 is 10.6 Å². The largest absolute Gasteiger partial charge is 0.338 e. The first-order chi connectivity index (χ1) is 21.2. The summed E-state index contributed by atoms with van der Waals surface area (Å²) in [5.74, 6) is 1.17. The zero-order valence-corrected chi connectivity index (χ0v) is 29.5. The van der Waals surface area contributed by atoms with Crippen molar-refractivity contribution in [3.05, 3.63) is 60.8 Å². The molecule has 0 unspecified atom stereocenters. The van der Waals surface area contributed by atoms with Crippen molar-refractivity contribution in [2.45, 2.75) is 109 Å². The molecule has 1 amide bonds. The summed E-state index contributed by atoms with van der Waals surface area (Å²) in [5.41, 5.74) is 1.17. The molecule has 0 saturated carbocycles. The average molecular weight is 703 g/mol. The van der Waals surface area contributed by atoms with E-state index in [2.05, 4.69) is 29.6 Å². The van der Waals surface area contributed by atoms with Gasteiger partial charge >= 0.3 is 0 Å². The average Bonchev–Trinajstić information content (AvgIpc) is 3.27. The summed E-state index contributed by atoms with van der Waals surface area (Å²) in [6, 6.07) is 8.32. The molecule has 0 radical (unpaired) electrons. The highest BCUT2D eigenvalue weighted by Crippen LogP contribution is 2.35. The molecule has 2 aromatic carbocycles. The highest BCUT2D eigenvalue weighted by atomic mass is 35.5. The second-order valence-corrected chi connectivity index (χ2v) is 13.8. The third-order valence-electron chi connectivity index (χ3n) is 7.31. The molecule has 0 aliphatic heterocycles. The Balaban J connectivity index is 1.62. The van der Waals surface area contributed by atoms with E-state index in [0.29, 0.717) is 44.2 Å². The number of amides is 1. The number of hydrogen-bond acceptors (Lipinski definition) is 4. The number of unbranched alkanes of at least 4 members (excludes halogenated alkanes) is 11. The molecule has 3 N–H and O–H groups in total. The minimum Gasteiger partial charge on any atom is -0.338 e. The Labute approximate surface area is 285 Å². The van der Waals surface area contributed by atoms with E-state index in [1.54, 1.807) is 18.2 Å². The fraction of sp³-hybridized carbons (Fsp3) is 0.515. The lowest BCUT2D eigenvalue weighted by molar-refractivity contribution is -0.116. The molecule has 1 aromatic heterocycles. The lowest BCUT2D eigenvalue weighted by atomic mass is 10.1. The van der Waals surface area contributed by atoms with Crippen LogP contribution in [0, 0.1) is 0 Å². The van der Waals surface area contributed by atoms with Crippen LogP contribution in [-0.4, -0.2) is 21.4 Å². The molecule has 0 atom stereocenters. The van der Waals surface area contributed by atoms with Crippen molar-refractivity contribution >= 4 is 81.3 Å². The summed E-state index contributed by atoms with van der Waals surface area (Å²) >= 11 is 27.0. The summed E-state index contributed by atoms with van der Waals surface area (Å²) in [7, 11) is 0. The topological polar surface area (TPSA) is 78.9 Å². The van der Waals surface area contributed by atoms with Crippen LogP contribution in [0.5, 0.6) is 0 Å². The molecule has 242 valence electrons. The van der Waals surface area contributed by atoms with Gasteiger partial charge in [0.1, 0.15) is 16.4 Å². The van der Waals surface area contributed by atoms with Gasteiger partial charge in [0.05, 0.1) is 20.8 Å². The Morgan fingerprint density at radius 1 is 0.795 bits per heavy atom. The van der Waals surface area contributed by atoms with Crippen LogP contribution in [-0.2, 0) is 4.79 Å². The molecule has 0 aliphatic rings. The van der Waals surface area contributed by atoms with E-state index in [4.69, 9.17) is 46.4 Å². The number of nitrogens with zero attached hydrogens (tertiary/aromatic N) is 1. The molecule has 11 heteroatoms. The third kappa shape index (κ3) is 11.5. The first kappa shape index (κ1) is 36.7. The Morgan fingerprint density at radius 2 is 1.39 bits per heavy atom. The predicted octanol–water partition coefficient (Wildman–Crippen LogP) is 12.1. The van der Waals surface area contributed by atoms with Crippen LogP contribution in [0.2, 0.25) is 20.1 Å². The number of thioether (sulfide) groups is 1. The highest BCUT2D eigenvalue weighted by molar-refractivity contribution is 7.99. The molecule has 0 fully saturated rings. The van der Waals surface area contributed by atoms with Crippen molar-refractivity contribution in [1.82, 2.24) is 9.78 Å². The van der Waals surface area contributed by atoms with Gasteiger partial charge in [-0.05, 0) is 48.9 Å². The van der Waals surface area contributed by atoms with Crippen LogP contribution >= 0.6 is 58.2 Å². The number of rotatable bonds is 20. The number of nitrogens with one attached hydrogen (secondary N) is 3. The number of benzene rings is 2. The number of carbonyl (C=O) groups excluding carboxylic acids is 1. The molecule has 6 nitrogen and oxygen atoms in total. The van der Waals surface area contributed by atoms with Gasteiger partial charge in [-0.3, -0.25) is 14.7 Å². The van der Waals surface area contributed by atoms with Gasteiger partial charge in [-0.25, -0.2) is 4.68 Å². The van der Waals surface area contributed by atoms with Crippen LogP contribution < -0.4 is 16.2 Å². The minimum absolute atomic E-state index is 0.0309. The zero-order chi connectivity index (χ0) is 31.9. The van der Waals surface area contributed by atoms with E-state index in [1.165, 1.54) is 86.4 Å². The van der Waals surface area contributed by atoms with Gasteiger partial charge in [0.15, 0.2) is 0 Å². The molecule has 1 heterocycles. The second-order valence-electron chi connectivity index (χ2n) is 11.0. The zero-order valence-electron chi connectivity index (χ0n) is 25.7. The first-order valence-corrected chi connectivity index (χ1v) is 18.2. The highest BCUT2D eigenvalue weighted by Gasteiger charge is 2.21. The van der Waals surface area contributed by atoms with Gasteiger partial charge in [0.2, 0.25) is 5.91 Å². The number of halogens is 4. The van der Waals surface area contributed by atoms with Crippen LogP contribution in [0.15, 0.2) is 40.0 Å². The number of aromatic amines is 1. The molecular formula is C33H44Cl4N4O2S. The van der Waals surface area contributed by atoms with Crippen LogP contribution in [0.4, 0.5) is 17.2 Å². The van der Waals surface area contributed by atoms with Crippen molar-refractivity contribution in [2.75, 3.05) is 16.4 Å². The van der Waals surface area contributed by atoms with Crippen LogP contribution in [0.3, 0.4) is 0 Å². The SMILES string of the molecule is CCCCCCCCCCCCCC(=O)Nc1ccc(Cl)c(Nc2[nH]n(-c3c(Cl)cc(Cl)cc3Cl)c(=O)c2SCCCC)c1. The molecule has 0 aliphatic carbocycles. The van der Waals surface area contributed by atoms with E-state index in [1.807, 2.05) is 0 Å². The number of aromatic nitrogens is 2. The quantitative estimate of drug-likeness (QED) is 0.0809. The fourth-order valence-corrected chi connectivity index (χ4v) is 7.12. The second kappa shape index (κ2) is 19.7. The molecular weight excluding hydrogens is 658 g/mol. The van der Waals surface area contributed by atoms with Crippen molar-refractivity contribution in [3.63, 3.8) is 0 Å². The Bertz CT molecular complexity index is 1390. The van der Waals surface area contributed by atoms with E-state index in [0.717, 1.165) is 31.4 Å². The third-order valence-corrected chi connectivity index (χ3v) is 9.60. The fourth-order valence-electron chi connectivity index (χ4n) is 4.87. The molecule has 3 aromatic rings. The normalized spacial score (nSPS) is 11.2. The van der Waals surface area contributed by atoms with Gasteiger partial charge in [-0.15, -0.1) is 11.8 Å². The van der Waals surface area contributed by atoms with Crippen molar-refractivity contribution in [1.29, 1.82) is 0 Å². The van der Waals surface area contributed by atoms with Crippen LogP contribution in [0.1, 0.15) is 104 Å². The number of hydrogen-bond donors (Lipinski definition) is 3. The maximum absolute atomic E-state index is 13.5. The van der Waals surface area contributed by atoms with Crippen molar-refractivity contribution < 1.29 is 4.79 Å². The predicted molar refractivity (Wildman–Crippen MR) is 191 cm³/mol. The van der Waals surface area contributed by atoms with Gasteiger partial charge in [-0.1, -0.05) is 131 Å². The summed E-state index contributed by atoms with van der Waals surface area (Å²) in [6.45, 7) is 4.34. The molecule has 44 heavy (non-hydrogen) atoms. The Hall–Kier alpha value is -1.77. The monoisotopic (exact) mass is 700 g/mol. The summed E-state index contributed by atoms with van der Waals surface area (Å²) in [5, 5.41) is 10.6. The number of H-pyrrole nitrogens is 1. The molecule has 0 spiro atoms. The molecule has 0 saturated heterocycles. The maximum Gasteiger partial charge on any atom is 0.287 e. The summed E-state index contributed by atoms with van der Waals surface area (Å²) < 4.78 is 1.31. The Kier molecular flexibility index (Phi) is 16.4. The molecule has 3 rings (SSSR count). The van der Waals surface area contributed by atoms with E-state index in [-0.39, 0.29) is 21.5 Å². The molecule has 0 bridgehead atoms. The van der Waals surface area contributed by atoms with Crippen molar-refractivity contribution in [3.8, 4) is 5.69 Å². The standard InChI is InChI=1S/C33H44Cl4N4O2S/c1-3-5-7-8-9-10-11-12-13-14-15-16-29(42)38-24-17-18-25(35)28(22-24)39-32-31(44-19-6-4-2)33(43)41(40-32)30-26(36)20-23(34)21-27(30)37/h17-18,20-22,39-40H,3-16,19H2,1-2H3,(H,38,42). The van der Waals surface area contributed by atoms with E-state index >= 15 is 0 Å². The number of anilines is 3. The Morgan fingerprint density at radius 3 is 2.00 bits per heavy atom. The van der Waals surface area contributed by atoms with Crippen LogP contribution in [0.25, 0.3) is 5.69 Å². The van der Waals surface area contributed by atoms with Gasteiger partial charge in [0.25, 0.3) is 5.56 Å². The summed E-state index contributed by atoms with van der Waals surface area (Å²) in [4.78, 5) is 26.7. The number of carbonyl (C=O) groups is 1. The van der Waals surface area contributed by atoms with Crippen molar-refractivity contribution in [2.24, 2.45) is 0 Å². The summed E-state index contributed by atoms with van der Waals surface area (Å²) in [6.07, 6.45) is 16.0. The van der Waals surface area contributed by atoms with Gasteiger partial charge in [0, 0.05) is 17.1 Å². The maximum atomic E-state index is 13.5. The minimum atomic E-state index is -0.299. The smallest absolute Gasteiger partial charge is 0.287 e. The van der Waals surface area contributed by atoms with Gasteiger partial charge in [-0.2, -0.15) is 0 Å². The lowest BCUT2D eigenvalue weighted by Gasteiger charge is -2.12. The lowest BCUT2D eigenvalue weighted by Crippen LogP contribution is -2.16. The first-order valence-electron chi connectivity index (χ1n) is 15.7.